The number of nitrogens with one attached hydrogen (secondary N) is 3. The molecule has 7 nitrogen and oxygen atoms in total. The number of ether oxygens (including phenoxy) is 1. The highest BCUT2D eigenvalue weighted by Crippen LogP contribution is 2.41. The fourth-order valence-electron chi connectivity index (χ4n) is 4.31. The monoisotopic (exact) mass is 558 g/mol. The lowest BCUT2D eigenvalue weighted by Gasteiger charge is -2.30. The second-order valence-corrected chi connectivity index (χ2v) is 10.2. The van der Waals surface area contributed by atoms with E-state index in [-0.39, 0.29) is 17.6 Å². The molecule has 1 aliphatic heterocycles. The molecule has 0 aliphatic carbocycles. The SMILES string of the molecule is COc1ccc(Cl)cc1NC(=O)CSC1=C(C#N)C(c2ccccc2)C(C(=O)Nc2ccccc2C)=C(C)N1. The fraction of sp³-hybridized carbons (Fsp3) is 0.167. The lowest BCUT2D eigenvalue weighted by Crippen LogP contribution is -2.31. The summed E-state index contributed by atoms with van der Waals surface area (Å²) in [5.41, 5.74) is 4.29. The average Bonchev–Trinajstić information content (AvgIpc) is 2.93. The molecule has 39 heavy (non-hydrogen) atoms. The van der Waals surface area contributed by atoms with Crippen LogP contribution in [0.15, 0.2) is 94.7 Å². The van der Waals surface area contributed by atoms with Crippen molar-refractivity contribution in [3.63, 3.8) is 0 Å². The van der Waals surface area contributed by atoms with E-state index in [9.17, 15) is 14.9 Å². The van der Waals surface area contributed by atoms with Gasteiger partial charge < -0.3 is 20.7 Å². The van der Waals surface area contributed by atoms with Crippen molar-refractivity contribution in [3.05, 3.63) is 111 Å². The number of halogens is 1. The minimum atomic E-state index is -0.611. The number of hydrogen-bond acceptors (Lipinski definition) is 6. The molecule has 4 rings (SSSR count). The van der Waals surface area contributed by atoms with E-state index < -0.39 is 5.92 Å². The first kappa shape index (κ1) is 27.8. The number of benzene rings is 3. The number of thioether (sulfide) groups is 1. The van der Waals surface area contributed by atoms with Crippen molar-refractivity contribution in [1.82, 2.24) is 5.32 Å². The third kappa shape index (κ3) is 6.45. The maximum absolute atomic E-state index is 13.6. The van der Waals surface area contributed by atoms with E-state index in [1.807, 2.05) is 61.5 Å². The number of carbonyl (C=O) groups is 2. The summed E-state index contributed by atoms with van der Waals surface area (Å²) in [6.45, 7) is 3.72. The molecule has 198 valence electrons. The van der Waals surface area contributed by atoms with Gasteiger partial charge in [-0.3, -0.25) is 9.59 Å². The third-order valence-corrected chi connectivity index (χ3v) is 7.45. The maximum Gasteiger partial charge on any atom is 0.254 e. The molecule has 0 radical (unpaired) electrons. The van der Waals surface area contributed by atoms with Gasteiger partial charge in [0.2, 0.25) is 5.91 Å². The third-order valence-electron chi connectivity index (χ3n) is 6.20. The van der Waals surface area contributed by atoms with Crippen LogP contribution in [-0.2, 0) is 9.59 Å². The van der Waals surface area contributed by atoms with Crippen LogP contribution in [0.1, 0.15) is 24.0 Å². The zero-order valence-corrected chi connectivity index (χ0v) is 23.2. The van der Waals surface area contributed by atoms with Gasteiger partial charge in [0.25, 0.3) is 5.91 Å². The molecular weight excluding hydrogens is 532 g/mol. The highest BCUT2D eigenvalue weighted by molar-refractivity contribution is 8.03. The van der Waals surface area contributed by atoms with Gasteiger partial charge >= 0.3 is 0 Å². The summed E-state index contributed by atoms with van der Waals surface area (Å²) in [5.74, 6) is -0.709. The molecular formula is C30H27ClN4O3S. The molecule has 3 aromatic rings. The van der Waals surface area contributed by atoms with Gasteiger partial charge in [-0.05, 0) is 49.2 Å². The lowest BCUT2D eigenvalue weighted by atomic mass is 9.82. The first-order valence-corrected chi connectivity index (χ1v) is 13.5. The normalized spacial score (nSPS) is 14.8. The van der Waals surface area contributed by atoms with Crippen molar-refractivity contribution in [1.29, 1.82) is 5.26 Å². The van der Waals surface area contributed by atoms with Crippen LogP contribution in [0.2, 0.25) is 5.02 Å². The summed E-state index contributed by atoms with van der Waals surface area (Å²) in [7, 11) is 1.51. The Morgan fingerprint density at radius 1 is 1.03 bits per heavy atom. The van der Waals surface area contributed by atoms with Crippen molar-refractivity contribution in [2.24, 2.45) is 0 Å². The standard InChI is InChI=1S/C30H27ClN4O3S/c1-18-9-7-8-12-23(18)35-29(37)27-19(2)33-30(22(16-32)28(27)20-10-5-4-6-11-20)39-17-26(36)34-24-15-21(31)13-14-25(24)38-3/h4-15,28,33H,17H2,1-3H3,(H,34,36)(H,35,37). The second kappa shape index (κ2) is 12.6. The first-order valence-electron chi connectivity index (χ1n) is 12.1. The van der Waals surface area contributed by atoms with Gasteiger partial charge in [-0.15, -0.1) is 0 Å². The summed E-state index contributed by atoms with van der Waals surface area (Å²) in [5, 5.41) is 20.3. The Bertz CT molecular complexity index is 1510. The summed E-state index contributed by atoms with van der Waals surface area (Å²) >= 11 is 7.27. The van der Waals surface area contributed by atoms with Crippen LogP contribution >= 0.6 is 23.4 Å². The van der Waals surface area contributed by atoms with Gasteiger partial charge in [-0.25, -0.2) is 0 Å². The van der Waals surface area contributed by atoms with Crippen molar-refractivity contribution in [2.45, 2.75) is 19.8 Å². The Kier molecular flexibility index (Phi) is 8.97. The maximum atomic E-state index is 13.6. The lowest BCUT2D eigenvalue weighted by molar-refractivity contribution is -0.114. The molecule has 0 aromatic heterocycles. The number of aryl methyl sites for hydroxylation is 1. The van der Waals surface area contributed by atoms with Crippen LogP contribution < -0.4 is 20.7 Å². The molecule has 0 fully saturated rings. The number of hydrogen-bond donors (Lipinski definition) is 3. The van der Waals surface area contributed by atoms with Crippen LogP contribution in [0.25, 0.3) is 0 Å². The average molecular weight is 559 g/mol. The second-order valence-electron chi connectivity index (χ2n) is 8.81. The quantitative estimate of drug-likeness (QED) is 0.297. The van der Waals surface area contributed by atoms with E-state index in [0.717, 1.165) is 11.1 Å². The molecule has 0 saturated carbocycles. The number of allylic oxidation sites excluding steroid dienone is 2. The Labute approximate surface area is 236 Å². The van der Waals surface area contributed by atoms with Crippen LogP contribution in [0.5, 0.6) is 5.75 Å². The van der Waals surface area contributed by atoms with E-state index in [2.05, 4.69) is 22.0 Å². The minimum Gasteiger partial charge on any atom is -0.495 e. The largest absolute Gasteiger partial charge is 0.495 e. The predicted molar refractivity (Wildman–Crippen MR) is 157 cm³/mol. The summed E-state index contributed by atoms with van der Waals surface area (Å²) in [6.07, 6.45) is 0. The van der Waals surface area contributed by atoms with Gasteiger partial charge in [0.15, 0.2) is 0 Å². The predicted octanol–water partition coefficient (Wildman–Crippen LogP) is 6.36. The Balaban J connectivity index is 1.62. The van der Waals surface area contributed by atoms with Crippen molar-refractivity contribution < 1.29 is 14.3 Å². The minimum absolute atomic E-state index is 0.0166. The van der Waals surface area contributed by atoms with E-state index in [4.69, 9.17) is 16.3 Å². The van der Waals surface area contributed by atoms with Crippen molar-refractivity contribution in [2.75, 3.05) is 23.5 Å². The topological polar surface area (TPSA) is 103 Å². The number of anilines is 2. The number of methoxy groups -OCH3 is 1. The molecule has 1 aliphatic rings. The van der Waals surface area contributed by atoms with Crippen LogP contribution in [-0.4, -0.2) is 24.7 Å². The summed E-state index contributed by atoms with van der Waals surface area (Å²) in [4.78, 5) is 26.4. The van der Waals surface area contributed by atoms with Gasteiger partial charge in [0, 0.05) is 22.0 Å². The number of nitrogens with zero attached hydrogens (tertiary/aromatic N) is 1. The number of rotatable bonds is 8. The van der Waals surface area contributed by atoms with Gasteiger partial charge in [0.1, 0.15) is 5.75 Å². The van der Waals surface area contributed by atoms with Crippen molar-refractivity contribution in [3.8, 4) is 11.8 Å². The Hall–Kier alpha value is -4.19. The molecule has 1 atom stereocenters. The molecule has 9 heteroatoms. The summed E-state index contributed by atoms with van der Waals surface area (Å²) in [6, 6.07) is 24.2. The van der Waals surface area contributed by atoms with E-state index >= 15 is 0 Å². The molecule has 1 unspecified atom stereocenters. The van der Waals surface area contributed by atoms with Crippen LogP contribution in [0, 0.1) is 18.3 Å². The number of nitriles is 1. The highest BCUT2D eigenvalue weighted by Gasteiger charge is 2.35. The Morgan fingerprint density at radius 3 is 2.44 bits per heavy atom. The smallest absolute Gasteiger partial charge is 0.254 e. The molecule has 2 amide bonds. The van der Waals surface area contributed by atoms with Crippen LogP contribution in [0.4, 0.5) is 11.4 Å². The van der Waals surface area contributed by atoms with E-state index in [1.54, 1.807) is 25.1 Å². The zero-order valence-electron chi connectivity index (χ0n) is 21.7. The molecule has 0 saturated heterocycles. The molecule has 0 spiro atoms. The molecule has 3 N–H and O–H groups in total. The van der Waals surface area contributed by atoms with Gasteiger partial charge in [0.05, 0.1) is 41.1 Å². The molecule has 0 bridgehead atoms. The van der Waals surface area contributed by atoms with Gasteiger partial charge in [-0.2, -0.15) is 5.26 Å². The number of dihydropyridines is 1. The van der Waals surface area contributed by atoms with Gasteiger partial charge in [-0.1, -0.05) is 71.9 Å². The Morgan fingerprint density at radius 2 is 1.74 bits per heavy atom. The fourth-order valence-corrected chi connectivity index (χ4v) is 5.37. The van der Waals surface area contributed by atoms with E-state index in [1.165, 1.54) is 18.9 Å². The van der Waals surface area contributed by atoms with Crippen LogP contribution in [0.3, 0.4) is 0 Å². The summed E-state index contributed by atoms with van der Waals surface area (Å²) < 4.78 is 5.30. The number of amides is 2. The van der Waals surface area contributed by atoms with E-state index in [0.29, 0.717) is 44.0 Å². The van der Waals surface area contributed by atoms with Crippen molar-refractivity contribution >= 4 is 46.6 Å². The molecule has 3 aromatic carbocycles. The number of carbonyl (C=O) groups excluding carboxylic acids is 2. The number of para-hydroxylation sites is 1. The first-order chi connectivity index (χ1) is 18.8. The highest BCUT2D eigenvalue weighted by atomic mass is 35.5. The zero-order chi connectivity index (χ0) is 27.9. The molecule has 1 heterocycles.